The molecule has 0 saturated carbocycles. The van der Waals surface area contributed by atoms with E-state index in [2.05, 4.69) is 0 Å². The van der Waals surface area contributed by atoms with E-state index < -0.39 is 17.3 Å². The minimum atomic E-state index is -1.38. The molecule has 0 aliphatic rings. The van der Waals surface area contributed by atoms with Crippen molar-refractivity contribution in [1.29, 1.82) is 0 Å². The van der Waals surface area contributed by atoms with Gasteiger partial charge in [0.25, 0.3) is 0 Å². The van der Waals surface area contributed by atoms with E-state index in [1.54, 1.807) is 12.1 Å². The second-order valence-corrected chi connectivity index (χ2v) is 4.36. The number of rotatable bonds is 5. The first kappa shape index (κ1) is 14.8. The van der Waals surface area contributed by atoms with Crippen molar-refractivity contribution in [1.82, 2.24) is 0 Å². The lowest BCUT2D eigenvalue weighted by molar-refractivity contribution is 0.0689. The number of benzene rings is 2. The number of hydrogen-bond acceptors (Lipinski definition) is 3. The van der Waals surface area contributed by atoms with Crippen molar-refractivity contribution in [3.05, 3.63) is 53.3 Å². The Kier molecular flexibility index (Phi) is 4.42. The Bertz CT molecular complexity index is 667. The highest BCUT2D eigenvalue weighted by Gasteiger charge is 2.18. The maximum absolute atomic E-state index is 13.6. The van der Waals surface area contributed by atoms with E-state index in [1.807, 2.05) is 13.0 Å². The fourth-order valence-electron chi connectivity index (χ4n) is 1.93. The molecule has 0 atom stereocenters. The second-order valence-electron chi connectivity index (χ2n) is 4.36. The quantitative estimate of drug-likeness (QED) is 0.907. The first-order valence-corrected chi connectivity index (χ1v) is 6.43. The van der Waals surface area contributed by atoms with Gasteiger partial charge < -0.3 is 14.6 Å². The molecule has 2 aromatic carbocycles. The van der Waals surface area contributed by atoms with Crippen LogP contribution in [-0.4, -0.2) is 18.2 Å². The number of carboxylic acids is 1. The van der Waals surface area contributed by atoms with Crippen molar-refractivity contribution >= 4 is 5.97 Å². The predicted molar refractivity (Wildman–Crippen MR) is 75.8 cm³/mol. The van der Waals surface area contributed by atoms with Crippen molar-refractivity contribution in [3.63, 3.8) is 0 Å². The van der Waals surface area contributed by atoms with E-state index in [9.17, 15) is 9.18 Å². The lowest BCUT2D eigenvalue weighted by Gasteiger charge is -2.13. The molecule has 2 aromatic rings. The number of carbonyl (C=O) groups is 1. The number of ether oxygens (including phenoxy) is 2. The Morgan fingerprint density at radius 3 is 2.57 bits per heavy atom. The van der Waals surface area contributed by atoms with Crippen LogP contribution in [-0.2, 0) is 6.42 Å². The van der Waals surface area contributed by atoms with Crippen LogP contribution >= 0.6 is 0 Å². The van der Waals surface area contributed by atoms with Crippen LogP contribution < -0.4 is 9.47 Å². The van der Waals surface area contributed by atoms with Crippen molar-refractivity contribution in [2.24, 2.45) is 0 Å². The molecule has 1 N–H and O–H groups in total. The van der Waals surface area contributed by atoms with Gasteiger partial charge in [-0.2, -0.15) is 0 Å². The summed E-state index contributed by atoms with van der Waals surface area (Å²) in [5.41, 5.74) is 0.552. The summed E-state index contributed by atoms with van der Waals surface area (Å²) in [6, 6.07) is 9.19. The zero-order valence-corrected chi connectivity index (χ0v) is 11.7. The minimum Gasteiger partial charge on any atom is -0.493 e. The fourth-order valence-corrected chi connectivity index (χ4v) is 1.93. The standard InChI is InChI=1S/C16H15FO4/c1-3-10-7-8-12(14(9-10)20-2)21-13-6-4-5-11(17)15(13)16(18)19/h4-9H,3H2,1-2H3,(H,18,19). The summed E-state index contributed by atoms with van der Waals surface area (Å²) in [5.74, 6) is -1.49. The number of aromatic carboxylic acids is 1. The SMILES string of the molecule is CCc1ccc(Oc2cccc(F)c2C(=O)O)c(OC)c1. The molecule has 110 valence electrons. The third kappa shape index (κ3) is 3.13. The van der Waals surface area contributed by atoms with Crippen LogP contribution in [0.2, 0.25) is 0 Å². The molecule has 0 aromatic heterocycles. The number of methoxy groups -OCH3 is 1. The molecule has 2 rings (SSSR count). The fraction of sp³-hybridized carbons (Fsp3) is 0.188. The van der Waals surface area contributed by atoms with E-state index in [0.717, 1.165) is 18.1 Å². The van der Waals surface area contributed by atoms with E-state index in [-0.39, 0.29) is 5.75 Å². The van der Waals surface area contributed by atoms with Gasteiger partial charge in [-0.3, -0.25) is 0 Å². The Hall–Kier alpha value is -2.56. The van der Waals surface area contributed by atoms with Gasteiger partial charge in [0, 0.05) is 0 Å². The van der Waals surface area contributed by atoms with Crippen LogP contribution in [0.15, 0.2) is 36.4 Å². The summed E-state index contributed by atoms with van der Waals surface area (Å²) < 4.78 is 24.4. The van der Waals surface area contributed by atoms with Crippen molar-refractivity contribution in [2.75, 3.05) is 7.11 Å². The molecule has 0 radical (unpaired) electrons. The van der Waals surface area contributed by atoms with Gasteiger partial charge >= 0.3 is 5.97 Å². The van der Waals surface area contributed by atoms with Gasteiger partial charge in [0.1, 0.15) is 17.1 Å². The van der Waals surface area contributed by atoms with Crippen molar-refractivity contribution in [2.45, 2.75) is 13.3 Å². The normalized spacial score (nSPS) is 10.2. The zero-order chi connectivity index (χ0) is 15.4. The Balaban J connectivity index is 2.43. The number of carboxylic acid groups (broad SMARTS) is 1. The van der Waals surface area contributed by atoms with Crippen LogP contribution in [0, 0.1) is 5.82 Å². The summed E-state index contributed by atoms with van der Waals surface area (Å²) in [5, 5.41) is 9.08. The molecular formula is C16H15FO4. The maximum Gasteiger partial charge on any atom is 0.342 e. The second kappa shape index (κ2) is 6.26. The van der Waals surface area contributed by atoms with Gasteiger partial charge in [0.05, 0.1) is 7.11 Å². The number of hydrogen-bond donors (Lipinski definition) is 1. The molecule has 0 aliphatic heterocycles. The minimum absolute atomic E-state index is 0.0648. The van der Waals surface area contributed by atoms with Crippen LogP contribution in [0.3, 0.4) is 0 Å². The Labute approximate surface area is 121 Å². The summed E-state index contributed by atoms with van der Waals surface area (Å²) in [4.78, 5) is 11.1. The van der Waals surface area contributed by atoms with E-state index in [0.29, 0.717) is 11.5 Å². The highest BCUT2D eigenvalue weighted by molar-refractivity contribution is 5.91. The van der Waals surface area contributed by atoms with Crippen molar-refractivity contribution in [3.8, 4) is 17.2 Å². The monoisotopic (exact) mass is 290 g/mol. The van der Waals surface area contributed by atoms with Gasteiger partial charge in [-0.1, -0.05) is 19.1 Å². The molecule has 0 unspecified atom stereocenters. The zero-order valence-electron chi connectivity index (χ0n) is 11.7. The summed E-state index contributed by atoms with van der Waals surface area (Å²) in [6.45, 7) is 2.00. The average molecular weight is 290 g/mol. The molecule has 0 heterocycles. The molecule has 0 amide bonds. The van der Waals surface area contributed by atoms with Crippen LogP contribution in [0.1, 0.15) is 22.8 Å². The maximum atomic E-state index is 13.6. The van der Waals surface area contributed by atoms with Gasteiger partial charge in [0.2, 0.25) is 0 Å². The third-order valence-electron chi connectivity index (χ3n) is 3.05. The largest absolute Gasteiger partial charge is 0.493 e. The van der Waals surface area contributed by atoms with Gasteiger partial charge in [-0.25, -0.2) is 9.18 Å². The first-order chi connectivity index (χ1) is 10.1. The third-order valence-corrected chi connectivity index (χ3v) is 3.05. The topological polar surface area (TPSA) is 55.8 Å². The summed E-state index contributed by atoms with van der Waals surface area (Å²) >= 11 is 0. The highest BCUT2D eigenvalue weighted by Crippen LogP contribution is 2.34. The van der Waals surface area contributed by atoms with Crippen molar-refractivity contribution < 1.29 is 23.8 Å². The molecule has 0 bridgehead atoms. The van der Waals surface area contributed by atoms with Gasteiger partial charge in [-0.15, -0.1) is 0 Å². The Morgan fingerprint density at radius 2 is 1.95 bits per heavy atom. The molecule has 4 nitrogen and oxygen atoms in total. The summed E-state index contributed by atoms with van der Waals surface area (Å²) in [7, 11) is 1.49. The molecule has 5 heteroatoms. The predicted octanol–water partition coefficient (Wildman–Crippen LogP) is 3.89. The van der Waals surface area contributed by atoms with E-state index >= 15 is 0 Å². The van der Waals surface area contributed by atoms with E-state index in [4.69, 9.17) is 14.6 Å². The van der Waals surface area contributed by atoms with Gasteiger partial charge in [-0.05, 0) is 36.2 Å². The molecular weight excluding hydrogens is 275 g/mol. The van der Waals surface area contributed by atoms with E-state index in [1.165, 1.54) is 19.2 Å². The Morgan fingerprint density at radius 1 is 1.19 bits per heavy atom. The van der Waals surface area contributed by atoms with Crippen LogP contribution in [0.4, 0.5) is 4.39 Å². The number of halogens is 1. The molecule has 0 spiro atoms. The lowest BCUT2D eigenvalue weighted by atomic mass is 10.1. The molecule has 0 aliphatic carbocycles. The molecule has 0 fully saturated rings. The molecule has 21 heavy (non-hydrogen) atoms. The summed E-state index contributed by atoms with van der Waals surface area (Å²) in [6.07, 6.45) is 0.830. The van der Waals surface area contributed by atoms with Crippen LogP contribution in [0.5, 0.6) is 17.2 Å². The molecule has 0 saturated heterocycles. The van der Waals surface area contributed by atoms with Gasteiger partial charge in [0.15, 0.2) is 11.5 Å². The first-order valence-electron chi connectivity index (χ1n) is 6.43. The van der Waals surface area contributed by atoms with Crippen LogP contribution in [0.25, 0.3) is 0 Å². The highest BCUT2D eigenvalue weighted by atomic mass is 19.1. The smallest absolute Gasteiger partial charge is 0.342 e. The lowest BCUT2D eigenvalue weighted by Crippen LogP contribution is -2.04. The number of aryl methyl sites for hydroxylation is 1. The average Bonchev–Trinajstić information content (AvgIpc) is 2.47.